The van der Waals surface area contributed by atoms with Crippen LogP contribution in [0.4, 0.5) is 10.5 Å². The van der Waals surface area contributed by atoms with E-state index >= 15 is 0 Å². The standard InChI is InChI=1S/C19H24N4O3/c1-15-5-2-3-7-17(15)23-10-8-22(9-11-23)14-18(24)21-19(25)20-13-16-6-4-12-26-16/h2-7,12H,8-11,13-14H2,1H3,(H2,20,21,24,25). The van der Waals surface area contributed by atoms with Gasteiger partial charge in [0.1, 0.15) is 5.76 Å². The zero-order valence-corrected chi connectivity index (χ0v) is 14.9. The minimum absolute atomic E-state index is 0.218. The molecule has 7 heteroatoms. The van der Waals surface area contributed by atoms with Gasteiger partial charge < -0.3 is 14.6 Å². The highest BCUT2D eigenvalue weighted by Gasteiger charge is 2.20. The van der Waals surface area contributed by atoms with E-state index in [1.165, 1.54) is 17.5 Å². The molecular formula is C19H24N4O3. The van der Waals surface area contributed by atoms with Crippen molar-refractivity contribution in [2.45, 2.75) is 13.5 Å². The van der Waals surface area contributed by atoms with Gasteiger partial charge in [0, 0.05) is 31.9 Å². The zero-order chi connectivity index (χ0) is 18.4. The van der Waals surface area contributed by atoms with Gasteiger partial charge in [0.2, 0.25) is 5.91 Å². The Labute approximate surface area is 153 Å². The predicted octanol–water partition coefficient (Wildman–Crippen LogP) is 1.74. The van der Waals surface area contributed by atoms with Crippen LogP contribution in [-0.2, 0) is 11.3 Å². The molecule has 7 nitrogen and oxygen atoms in total. The first kappa shape index (κ1) is 18.0. The molecule has 3 amide bonds. The van der Waals surface area contributed by atoms with Gasteiger partial charge in [0.25, 0.3) is 0 Å². The van der Waals surface area contributed by atoms with E-state index in [9.17, 15) is 9.59 Å². The Morgan fingerprint density at radius 3 is 2.54 bits per heavy atom. The molecule has 2 aromatic rings. The minimum Gasteiger partial charge on any atom is -0.467 e. The fraction of sp³-hybridized carbons (Fsp3) is 0.368. The van der Waals surface area contributed by atoms with Gasteiger partial charge in [-0.25, -0.2) is 4.79 Å². The van der Waals surface area contributed by atoms with Crippen LogP contribution in [0.2, 0.25) is 0 Å². The highest BCUT2D eigenvalue weighted by molar-refractivity contribution is 5.95. The quantitative estimate of drug-likeness (QED) is 0.853. The van der Waals surface area contributed by atoms with E-state index < -0.39 is 6.03 Å². The number of furan rings is 1. The van der Waals surface area contributed by atoms with Gasteiger partial charge in [-0.15, -0.1) is 0 Å². The highest BCUT2D eigenvalue weighted by Crippen LogP contribution is 2.20. The third-order valence-corrected chi connectivity index (χ3v) is 4.45. The predicted molar refractivity (Wildman–Crippen MR) is 98.9 cm³/mol. The fourth-order valence-corrected chi connectivity index (χ4v) is 3.06. The molecule has 0 aliphatic carbocycles. The maximum absolute atomic E-state index is 12.0. The number of benzene rings is 1. The molecule has 3 rings (SSSR count). The Morgan fingerprint density at radius 1 is 1.08 bits per heavy atom. The molecule has 0 saturated carbocycles. The van der Waals surface area contributed by atoms with Crippen LogP contribution in [-0.4, -0.2) is 49.6 Å². The maximum atomic E-state index is 12.0. The summed E-state index contributed by atoms with van der Waals surface area (Å²) >= 11 is 0. The summed E-state index contributed by atoms with van der Waals surface area (Å²) in [6, 6.07) is 11.3. The number of para-hydroxylation sites is 1. The molecule has 0 unspecified atom stereocenters. The lowest BCUT2D eigenvalue weighted by molar-refractivity contribution is -0.121. The van der Waals surface area contributed by atoms with Crippen molar-refractivity contribution in [2.24, 2.45) is 0 Å². The van der Waals surface area contributed by atoms with E-state index in [1.807, 2.05) is 12.1 Å². The number of hydrogen-bond donors (Lipinski definition) is 2. The van der Waals surface area contributed by atoms with E-state index in [2.05, 4.69) is 39.5 Å². The Hall–Kier alpha value is -2.80. The molecule has 2 N–H and O–H groups in total. The van der Waals surface area contributed by atoms with Gasteiger partial charge in [-0.1, -0.05) is 18.2 Å². The molecule has 0 spiro atoms. The normalized spacial score (nSPS) is 14.9. The van der Waals surface area contributed by atoms with E-state index in [4.69, 9.17) is 4.42 Å². The third-order valence-electron chi connectivity index (χ3n) is 4.45. The molecule has 26 heavy (non-hydrogen) atoms. The Bertz CT molecular complexity index is 737. The molecule has 0 atom stereocenters. The summed E-state index contributed by atoms with van der Waals surface area (Å²) in [5.74, 6) is 0.339. The number of nitrogens with one attached hydrogen (secondary N) is 2. The van der Waals surface area contributed by atoms with Gasteiger partial charge in [-0.2, -0.15) is 0 Å². The number of piperazine rings is 1. The number of amides is 3. The lowest BCUT2D eigenvalue weighted by Gasteiger charge is -2.36. The van der Waals surface area contributed by atoms with Crippen LogP contribution in [0.25, 0.3) is 0 Å². The fourth-order valence-electron chi connectivity index (χ4n) is 3.06. The van der Waals surface area contributed by atoms with Crippen LogP contribution in [0.15, 0.2) is 47.1 Å². The number of nitrogens with zero attached hydrogens (tertiary/aromatic N) is 2. The summed E-state index contributed by atoms with van der Waals surface area (Å²) in [7, 11) is 0. The van der Waals surface area contributed by atoms with E-state index in [0.29, 0.717) is 5.76 Å². The first-order valence-corrected chi connectivity index (χ1v) is 8.75. The monoisotopic (exact) mass is 356 g/mol. The van der Waals surface area contributed by atoms with E-state index in [0.717, 1.165) is 26.2 Å². The third kappa shape index (κ3) is 4.86. The van der Waals surface area contributed by atoms with Crippen molar-refractivity contribution in [3.8, 4) is 0 Å². The van der Waals surface area contributed by atoms with Crippen LogP contribution in [0.1, 0.15) is 11.3 Å². The molecule has 1 saturated heterocycles. The van der Waals surface area contributed by atoms with Crippen LogP contribution in [0.5, 0.6) is 0 Å². The topological polar surface area (TPSA) is 77.8 Å². The SMILES string of the molecule is Cc1ccccc1N1CCN(CC(=O)NC(=O)NCc2ccco2)CC1. The molecule has 1 fully saturated rings. The first-order valence-electron chi connectivity index (χ1n) is 8.75. The summed E-state index contributed by atoms with van der Waals surface area (Å²) in [6.07, 6.45) is 1.54. The van der Waals surface area contributed by atoms with Gasteiger partial charge in [-0.05, 0) is 30.7 Å². The molecule has 2 heterocycles. The van der Waals surface area contributed by atoms with Crippen molar-refractivity contribution in [1.82, 2.24) is 15.5 Å². The van der Waals surface area contributed by atoms with Crippen LogP contribution >= 0.6 is 0 Å². The van der Waals surface area contributed by atoms with Crippen molar-refractivity contribution < 1.29 is 14.0 Å². The Morgan fingerprint density at radius 2 is 1.85 bits per heavy atom. The number of rotatable bonds is 5. The average Bonchev–Trinajstić information content (AvgIpc) is 3.15. The van der Waals surface area contributed by atoms with E-state index in [1.54, 1.807) is 12.1 Å². The molecule has 0 radical (unpaired) electrons. The maximum Gasteiger partial charge on any atom is 0.321 e. The van der Waals surface area contributed by atoms with Crippen LogP contribution < -0.4 is 15.5 Å². The van der Waals surface area contributed by atoms with Crippen molar-refractivity contribution in [3.63, 3.8) is 0 Å². The lowest BCUT2D eigenvalue weighted by Crippen LogP contribution is -2.51. The van der Waals surface area contributed by atoms with Crippen molar-refractivity contribution in [2.75, 3.05) is 37.6 Å². The number of carbonyl (C=O) groups is 2. The lowest BCUT2D eigenvalue weighted by atomic mass is 10.1. The summed E-state index contributed by atoms with van der Waals surface area (Å²) in [4.78, 5) is 28.2. The molecule has 0 bridgehead atoms. The number of anilines is 1. The van der Waals surface area contributed by atoms with Gasteiger partial charge >= 0.3 is 6.03 Å². The van der Waals surface area contributed by atoms with E-state index in [-0.39, 0.29) is 19.0 Å². The van der Waals surface area contributed by atoms with Crippen molar-refractivity contribution in [3.05, 3.63) is 54.0 Å². The Balaban J connectivity index is 1.39. The van der Waals surface area contributed by atoms with Gasteiger partial charge in [0.15, 0.2) is 0 Å². The summed E-state index contributed by atoms with van der Waals surface area (Å²) in [6.45, 7) is 5.88. The average molecular weight is 356 g/mol. The van der Waals surface area contributed by atoms with Crippen LogP contribution in [0, 0.1) is 6.92 Å². The van der Waals surface area contributed by atoms with Crippen LogP contribution in [0.3, 0.4) is 0 Å². The summed E-state index contributed by atoms with van der Waals surface area (Å²) < 4.78 is 5.12. The van der Waals surface area contributed by atoms with Crippen molar-refractivity contribution >= 4 is 17.6 Å². The van der Waals surface area contributed by atoms with Gasteiger partial charge in [-0.3, -0.25) is 15.0 Å². The number of carbonyl (C=O) groups excluding carboxylic acids is 2. The second kappa shape index (κ2) is 8.53. The molecule has 1 aromatic carbocycles. The Kier molecular flexibility index (Phi) is 5.91. The highest BCUT2D eigenvalue weighted by atomic mass is 16.3. The molecule has 1 aliphatic rings. The minimum atomic E-state index is -0.509. The molecule has 1 aliphatic heterocycles. The summed E-state index contributed by atoms with van der Waals surface area (Å²) in [5, 5.41) is 4.95. The second-order valence-corrected chi connectivity index (χ2v) is 6.36. The molecular weight excluding hydrogens is 332 g/mol. The number of imide groups is 1. The second-order valence-electron chi connectivity index (χ2n) is 6.36. The first-order chi connectivity index (χ1) is 12.6. The van der Waals surface area contributed by atoms with Crippen molar-refractivity contribution in [1.29, 1.82) is 0 Å². The number of urea groups is 1. The smallest absolute Gasteiger partial charge is 0.321 e. The zero-order valence-electron chi connectivity index (χ0n) is 14.9. The number of hydrogen-bond acceptors (Lipinski definition) is 5. The largest absolute Gasteiger partial charge is 0.467 e. The number of aryl methyl sites for hydroxylation is 1. The van der Waals surface area contributed by atoms with Gasteiger partial charge in [0.05, 0.1) is 19.4 Å². The molecule has 1 aromatic heterocycles. The summed E-state index contributed by atoms with van der Waals surface area (Å²) in [5.41, 5.74) is 2.50. The molecule has 138 valence electrons.